The molecule has 0 aromatic heterocycles. The molecular formula is C16H19ClF2O2. The van der Waals surface area contributed by atoms with Crippen molar-refractivity contribution in [2.75, 3.05) is 6.61 Å². The Morgan fingerprint density at radius 2 is 2.05 bits per heavy atom. The lowest BCUT2D eigenvalue weighted by Gasteiger charge is -2.23. The van der Waals surface area contributed by atoms with Crippen LogP contribution < -0.4 is 4.74 Å². The van der Waals surface area contributed by atoms with Gasteiger partial charge in [0.2, 0.25) is 0 Å². The average Bonchev–Trinajstić information content (AvgIpc) is 2.48. The molecule has 0 atom stereocenters. The summed E-state index contributed by atoms with van der Waals surface area (Å²) in [5.41, 5.74) is 1.34. The minimum atomic E-state index is -2.88. The van der Waals surface area contributed by atoms with Crippen molar-refractivity contribution in [1.29, 1.82) is 0 Å². The summed E-state index contributed by atoms with van der Waals surface area (Å²) in [4.78, 5) is 0. The second kappa shape index (κ2) is 7.76. The third-order valence-electron chi connectivity index (χ3n) is 3.84. The smallest absolute Gasteiger partial charge is 0.387 e. The molecule has 1 aliphatic carbocycles. The molecular weight excluding hydrogens is 298 g/mol. The molecule has 21 heavy (non-hydrogen) atoms. The molecule has 0 aliphatic heterocycles. The van der Waals surface area contributed by atoms with Crippen LogP contribution in [0.3, 0.4) is 0 Å². The molecule has 0 saturated heterocycles. The van der Waals surface area contributed by atoms with Gasteiger partial charge in [0.1, 0.15) is 5.75 Å². The number of alkyl halides is 2. The van der Waals surface area contributed by atoms with Gasteiger partial charge in [-0.15, -0.1) is 0 Å². The van der Waals surface area contributed by atoms with E-state index in [1.165, 1.54) is 18.6 Å². The lowest BCUT2D eigenvalue weighted by molar-refractivity contribution is -0.0499. The molecule has 5 heteroatoms. The molecule has 116 valence electrons. The van der Waals surface area contributed by atoms with E-state index in [9.17, 15) is 13.9 Å². The number of aliphatic hydroxyl groups is 1. The van der Waals surface area contributed by atoms with E-state index in [1.807, 2.05) is 0 Å². The van der Waals surface area contributed by atoms with Gasteiger partial charge in [-0.1, -0.05) is 30.9 Å². The Morgan fingerprint density at radius 1 is 1.33 bits per heavy atom. The minimum Gasteiger partial charge on any atom is -0.434 e. The van der Waals surface area contributed by atoms with E-state index in [-0.39, 0.29) is 12.4 Å². The number of ether oxygens (including phenoxy) is 1. The van der Waals surface area contributed by atoms with Gasteiger partial charge in [0.05, 0.1) is 6.61 Å². The van der Waals surface area contributed by atoms with Gasteiger partial charge in [0.25, 0.3) is 0 Å². The molecule has 1 saturated carbocycles. The van der Waals surface area contributed by atoms with E-state index in [0.717, 1.165) is 31.3 Å². The first-order chi connectivity index (χ1) is 10.1. The van der Waals surface area contributed by atoms with Gasteiger partial charge in [-0.25, -0.2) is 0 Å². The van der Waals surface area contributed by atoms with Crippen molar-refractivity contribution in [3.8, 4) is 5.75 Å². The Morgan fingerprint density at radius 3 is 2.67 bits per heavy atom. The van der Waals surface area contributed by atoms with E-state index in [1.54, 1.807) is 12.1 Å². The van der Waals surface area contributed by atoms with Crippen LogP contribution in [0, 0.1) is 5.92 Å². The summed E-state index contributed by atoms with van der Waals surface area (Å²) in [6, 6.07) is 4.52. The summed E-state index contributed by atoms with van der Waals surface area (Å²) in [7, 11) is 0. The Kier molecular flexibility index (Phi) is 6.00. The summed E-state index contributed by atoms with van der Waals surface area (Å²) < 4.78 is 29.4. The van der Waals surface area contributed by atoms with Crippen molar-refractivity contribution in [3.63, 3.8) is 0 Å². The summed E-state index contributed by atoms with van der Waals surface area (Å²) in [6.07, 6.45) is 7.28. The first-order valence-electron chi connectivity index (χ1n) is 7.16. The van der Waals surface area contributed by atoms with Crippen molar-refractivity contribution in [1.82, 2.24) is 0 Å². The normalized spacial score (nSPS) is 17.3. The fraction of sp³-hybridized carbons (Fsp3) is 0.500. The third-order valence-corrected chi connectivity index (χ3v) is 4.08. The van der Waals surface area contributed by atoms with Crippen molar-refractivity contribution < 1.29 is 18.6 Å². The monoisotopic (exact) mass is 316 g/mol. The predicted molar refractivity (Wildman–Crippen MR) is 79.7 cm³/mol. The quantitative estimate of drug-likeness (QED) is 0.837. The Balaban J connectivity index is 2.29. The van der Waals surface area contributed by atoms with Gasteiger partial charge in [0.15, 0.2) is 0 Å². The molecule has 0 heterocycles. The number of rotatable bonds is 5. The highest BCUT2D eigenvalue weighted by molar-refractivity contribution is 6.30. The SMILES string of the molecule is OC/C(=C/c1cc(Cl)ccc1OC(F)F)C1CCCCC1. The van der Waals surface area contributed by atoms with Crippen molar-refractivity contribution in [2.24, 2.45) is 5.92 Å². The van der Waals surface area contributed by atoms with Crippen LogP contribution in [0.2, 0.25) is 5.02 Å². The standard InChI is InChI=1S/C16H19ClF2O2/c17-14-6-7-15(21-16(18)19)12(9-14)8-13(10-20)11-4-2-1-3-5-11/h6-9,11,16,20H,1-5,10H2/b13-8-. The van der Waals surface area contributed by atoms with Crippen LogP contribution >= 0.6 is 11.6 Å². The van der Waals surface area contributed by atoms with E-state index < -0.39 is 6.61 Å². The largest absolute Gasteiger partial charge is 0.434 e. The van der Waals surface area contributed by atoms with E-state index in [2.05, 4.69) is 4.74 Å². The van der Waals surface area contributed by atoms with Crippen LogP contribution in [0.15, 0.2) is 23.8 Å². The molecule has 1 aliphatic rings. The van der Waals surface area contributed by atoms with E-state index >= 15 is 0 Å². The number of benzene rings is 1. The van der Waals surface area contributed by atoms with Gasteiger partial charge in [-0.05, 0) is 48.6 Å². The summed E-state index contributed by atoms with van der Waals surface area (Å²) in [6.45, 7) is -2.96. The number of aliphatic hydroxyl groups excluding tert-OH is 1. The maximum atomic E-state index is 12.4. The van der Waals surface area contributed by atoms with Crippen molar-refractivity contribution >= 4 is 17.7 Å². The summed E-state index contributed by atoms with van der Waals surface area (Å²) in [5, 5.41) is 10.0. The van der Waals surface area contributed by atoms with Crippen LogP contribution in [-0.4, -0.2) is 18.3 Å². The van der Waals surface area contributed by atoms with Gasteiger partial charge >= 0.3 is 6.61 Å². The lowest BCUT2D eigenvalue weighted by Crippen LogP contribution is -2.12. The Labute approximate surface area is 128 Å². The fourth-order valence-electron chi connectivity index (χ4n) is 2.80. The predicted octanol–water partition coefficient (Wildman–Crippen LogP) is 4.90. The van der Waals surface area contributed by atoms with E-state index in [4.69, 9.17) is 11.6 Å². The second-order valence-corrected chi connectivity index (χ2v) is 5.71. The second-order valence-electron chi connectivity index (χ2n) is 5.27. The zero-order valence-corrected chi connectivity index (χ0v) is 12.5. The first-order valence-corrected chi connectivity index (χ1v) is 7.53. The lowest BCUT2D eigenvalue weighted by atomic mass is 9.83. The van der Waals surface area contributed by atoms with Crippen molar-refractivity contribution in [3.05, 3.63) is 34.4 Å². The molecule has 1 aromatic rings. The van der Waals surface area contributed by atoms with E-state index in [0.29, 0.717) is 16.5 Å². The average molecular weight is 317 g/mol. The third kappa shape index (κ3) is 4.68. The molecule has 0 spiro atoms. The minimum absolute atomic E-state index is 0.0781. The van der Waals surface area contributed by atoms with Gasteiger partial charge in [-0.3, -0.25) is 0 Å². The molecule has 0 amide bonds. The molecule has 0 unspecified atom stereocenters. The zero-order valence-electron chi connectivity index (χ0n) is 11.7. The number of halogens is 3. The molecule has 1 N–H and O–H groups in total. The molecule has 1 fully saturated rings. The number of hydrogen-bond acceptors (Lipinski definition) is 2. The molecule has 1 aromatic carbocycles. The number of hydrogen-bond donors (Lipinski definition) is 1. The highest BCUT2D eigenvalue weighted by Crippen LogP contribution is 2.33. The van der Waals surface area contributed by atoms with Gasteiger partial charge in [-0.2, -0.15) is 8.78 Å². The van der Waals surface area contributed by atoms with Crippen LogP contribution in [0.5, 0.6) is 5.75 Å². The van der Waals surface area contributed by atoms with Crippen molar-refractivity contribution in [2.45, 2.75) is 38.7 Å². The first kappa shape index (κ1) is 16.2. The summed E-state index contributed by atoms with van der Waals surface area (Å²) >= 11 is 5.93. The molecule has 2 rings (SSSR count). The Bertz CT molecular complexity index is 497. The van der Waals surface area contributed by atoms with Crippen LogP contribution in [-0.2, 0) is 0 Å². The molecule has 0 bridgehead atoms. The van der Waals surface area contributed by atoms with Crippen LogP contribution in [0.25, 0.3) is 6.08 Å². The Hall–Kier alpha value is -1.13. The maximum absolute atomic E-state index is 12.4. The van der Waals surface area contributed by atoms with Crippen LogP contribution in [0.4, 0.5) is 8.78 Å². The van der Waals surface area contributed by atoms with Gasteiger partial charge < -0.3 is 9.84 Å². The maximum Gasteiger partial charge on any atom is 0.387 e. The molecule has 0 radical (unpaired) electrons. The van der Waals surface area contributed by atoms with Gasteiger partial charge in [0, 0.05) is 10.6 Å². The highest BCUT2D eigenvalue weighted by Gasteiger charge is 2.18. The zero-order chi connectivity index (χ0) is 15.2. The summed E-state index contributed by atoms with van der Waals surface area (Å²) in [5.74, 6) is 0.387. The topological polar surface area (TPSA) is 29.5 Å². The fourth-order valence-corrected chi connectivity index (χ4v) is 2.98. The molecule has 2 nitrogen and oxygen atoms in total. The van der Waals surface area contributed by atoms with Crippen LogP contribution in [0.1, 0.15) is 37.7 Å². The highest BCUT2D eigenvalue weighted by atomic mass is 35.5.